The SMILES string of the molecule is O=C(NCc1ccc(Cl)cc1)N1CCC(Oc2ccc3ccccc3n2)C1. The number of halogens is 1. The van der Waals surface area contributed by atoms with Crippen molar-refractivity contribution in [2.45, 2.75) is 19.1 Å². The Morgan fingerprint density at radius 1 is 1.15 bits per heavy atom. The second kappa shape index (κ2) is 7.84. The predicted octanol–water partition coefficient (Wildman–Crippen LogP) is 4.25. The highest BCUT2D eigenvalue weighted by molar-refractivity contribution is 6.30. The summed E-state index contributed by atoms with van der Waals surface area (Å²) in [6.07, 6.45) is 0.753. The Morgan fingerprint density at radius 3 is 2.81 bits per heavy atom. The molecule has 0 spiro atoms. The maximum absolute atomic E-state index is 12.4. The van der Waals surface area contributed by atoms with Crippen LogP contribution in [0.1, 0.15) is 12.0 Å². The molecule has 0 aliphatic carbocycles. The van der Waals surface area contributed by atoms with Crippen molar-refractivity contribution < 1.29 is 9.53 Å². The van der Waals surface area contributed by atoms with E-state index >= 15 is 0 Å². The molecule has 2 amide bonds. The van der Waals surface area contributed by atoms with Gasteiger partial charge in [0, 0.05) is 36.0 Å². The van der Waals surface area contributed by atoms with Crippen molar-refractivity contribution in [3.8, 4) is 5.88 Å². The zero-order chi connectivity index (χ0) is 18.6. The number of amides is 2. The third-order valence-electron chi connectivity index (χ3n) is 4.65. The average molecular weight is 382 g/mol. The molecule has 5 nitrogen and oxygen atoms in total. The Hall–Kier alpha value is -2.79. The van der Waals surface area contributed by atoms with Crippen LogP contribution < -0.4 is 10.1 Å². The van der Waals surface area contributed by atoms with Gasteiger partial charge < -0.3 is 15.0 Å². The summed E-state index contributed by atoms with van der Waals surface area (Å²) in [6, 6.07) is 19.2. The molecule has 1 atom stereocenters. The lowest BCUT2D eigenvalue weighted by molar-refractivity contribution is 0.183. The molecule has 1 saturated heterocycles. The molecule has 3 aromatic rings. The van der Waals surface area contributed by atoms with Gasteiger partial charge in [-0.1, -0.05) is 41.9 Å². The van der Waals surface area contributed by atoms with E-state index < -0.39 is 0 Å². The number of nitrogens with zero attached hydrogens (tertiary/aromatic N) is 2. The Labute approximate surface area is 162 Å². The maximum atomic E-state index is 12.4. The van der Waals surface area contributed by atoms with Gasteiger partial charge in [0.25, 0.3) is 0 Å². The van der Waals surface area contributed by atoms with Crippen LogP contribution >= 0.6 is 11.6 Å². The lowest BCUT2D eigenvalue weighted by Gasteiger charge is -2.18. The van der Waals surface area contributed by atoms with Crippen molar-refractivity contribution in [2.75, 3.05) is 13.1 Å². The predicted molar refractivity (Wildman–Crippen MR) is 106 cm³/mol. The molecule has 1 fully saturated rings. The molecular weight excluding hydrogens is 362 g/mol. The number of fused-ring (bicyclic) bond motifs is 1. The molecular formula is C21H20ClN3O2. The lowest BCUT2D eigenvalue weighted by Crippen LogP contribution is -2.39. The van der Waals surface area contributed by atoms with E-state index in [1.54, 1.807) is 4.90 Å². The Morgan fingerprint density at radius 2 is 1.96 bits per heavy atom. The summed E-state index contributed by atoms with van der Waals surface area (Å²) in [7, 11) is 0. The Balaban J connectivity index is 1.31. The van der Waals surface area contributed by atoms with Crippen molar-refractivity contribution in [1.29, 1.82) is 0 Å². The number of ether oxygens (including phenoxy) is 1. The second-order valence-electron chi connectivity index (χ2n) is 6.60. The number of para-hydroxylation sites is 1. The first-order chi connectivity index (χ1) is 13.2. The quantitative estimate of drug-likeness (QED) is 0.735. The van der Waals surface area contributed by atoms with E-state index in [1.165, 1.54) is 0 Å². The zero-order valence-corrected chi connectivity index (χ0v) is 15.5. The van der Waals surface area contributed by atoms with Crippen LogP contribution in [0.25, 0.3) is 10.9 Å². The van der Waals surface area contributed by atoms with E-state index in [0.717, 1.165) is 22.9 Å². The molecule has 1 unspecified atom stereocenters. The monoisotopic (exact) mass is 381 g/mol. The fourth-order valence-electron chi connectivity index (χ4n) is 3.18. The van der Waals surface area contributed by atoms with E-state index in [0.29, 0.717) is 30.5 Å². The van der Waals surface area contributed by atoms with Crippen LogP contribution in [0.2, 0.25) is 5.02 Å². The van der Waals surface area contributed by atoms with Gasteiger partial charge >= 0.3 is 6.03 Å². The van der Waals surface area contributed by atoms with Crippen LogP contribution in [-0.2, 0) is 6.54 Å². The van der Waals surface area contributed by atoms with Crippen LogP contribution in [0.4, 0.5) is 4.79 Å². The van der Waals surface area contributed by atoms with Gasteiger partial charge in [-0.3, -0.25) is 0 Å². The van der Waals surface area contributed by atoms with Crippen LogP contribution in [-0.4, -0.2) is 35.1 Å². The Bertz CT molecular complexity index is 946. The molecule has 2 aromatic carbocycles. The number of hydrogen-bond acceptors (Lipinski definition) is 3. The van der Waals surface area contributed by atoms with Crippen molar-refractivity contribution in [3.05, 3.63) is 71.2 Å². The molecule has 2 heterocycles. The number of carbonyl (C=O) groups is 1. The molecule has 138 valence electrons. The summed E-state index contributed by atoms with van der Waals surface area (Å²) in [5.74, 6) is 0.599. The highest BCUT2D eigenvalue weighted by Crippen LogP contribution is 2.20. The molecule has 27 heavy (non-hydrogen) atoms. The third kappa shape index (κ3) is 4.31. The Kier molecular flexibility index (Phi) is 5.12. The van der Waals surface area contributed by atoms with E-state index in [9.17, 15) is 4.79 Å². The molecule has 1 aliphatic rings. The van der Waals surface area contributed by atoms with E-state index in [-0.39, 0.29) is 12.1 Å². The van der Waals surface area contributed by atoms with Crippen molar-refractivity contribution in [3.63, 3.8) is 0 Å². The first kappa shape index (κ1) is 17.6. The molecule has 0 bridgehead atoms. The number of likely N-dealkylation sites (tertiary alicyclic amines) is 1. The summed E-state index contributed by atoms with van der Waals surface area (Å²) in [5, 5.41) is 4.71. The minimum absolute atomic E-state index is 0.0417. The number of carbonyl (C=O) groups excluding carboxylic acids is 1. The molecule has 1 aromatic heterocycles. The second-order valence-corrected chi connectivity index (χ2v) is 7.04. The molecule has 1 aliphatic heterocycles. The van der Waals surface area contributed by atoms with Gasteiger partial charge in [-0.2, -0.15) is 0 Å². The summed E-state index contributed by atoms with van der Waals surface area (Å²) < 4.78 is 5.99. The van der Waals surface area contributed by atoms with Gasteiger partial charge in [0.05, 0.1) is 12.1 Å². The first-order valence-corrected chi connectivity index (χ1v) is 9.35. The molecule has 6 heteroatoms. The zero-order valence-electron chi connectivity index (χ0n) is 14.8. The fraction of sp³-hybridized carbons (Fsp3) is 0.238. The maximum Gasteiger partial charge on any atom is 0.317 e. The van der Waals surface area contributed by atoms with Gasteiger partial charge in [0.1, 0.15) is 6.10 Å². The van der Waals surface area contributed by atoms with Crippen molar-refractivity contribution in [2.24, 2.45) is 0 Å². The van der Waals surface area contributed by atoms with E-state index in [4.69, 9.17) is 16.3 Å². The minimum atomic E-state index is -0.0810. The molecule has 1 N–H and O–H groups in total. The van der Waals surface area contributed by atoms with Gasteiger partial charge in [-0.15, -0.1) is 0 Å². The van der Waals surface area contributed by atoms with Crippen molar-refractivity contribution in [1.82, 2.24) is 15.2 Å². The summed E-state index contributed by atoms with van der Waals surface area (Å²) in [4.78, 5) is 18.7. The number of urea groups is 1. The normalized spacial score (nSPS) is 16.5. The van der Waals surface area contributed by atoms with Gasteiger partial charge in [0.2, 0.25) is 5.88 Å². The molecule has 4 rings (SSSR count). The van der Waals surface area contributed by atoms with Gasteiger partial charge in [-0.05, 0) is 29.8 Å². The number of hydrogen-bond donors (Lipinski definition) is 1. The molecule has 0 radical (unpaired) electrons. The largest absolute Gasteiger partial charge is 0.472 e. The number of nitrogens with one attached hydrogen (secondary N) is 1. The third-order valence-corrected chi connectivity index (χ3v) is 4.90. The standard InChI is InChI=1S/C21H20ClN3O2/c22-17-8-5-15(6-9-17)13-23-21(26)25-12-11-18(14-25)27-20-10-7-16-3-1-2-4-19(16)24-20/h1-10,18H,11-14H2,(H,23,26). The number of pyridine rings is 1. The highest BCUT2D eigenvalue weighted by atomic mass is 35.5. The smallest absolute Gasteiger partial charge is 0.317 e. The average Bonchev–Trinajstić information content (AvgIpc) is 3.16. The minimum Gasteiger partial charge on any atom is -0.472 e. The number of rotatable bonds is 4. The summed E-state index contributed by atoms with van der Waals surface area (Å²) in [5.41, 5.74) is 1.92. The van der Waals surface area contributed by atoms with Gasteiger partial charge in [0.15, 0.2) is 0 Å². The van der Waals surface area contributed by atoms with Crippen LogP contribution in [0, 0.1) is 0 Å². The summed E-state index contributed by atoms with van der Waals surface area (Å²) in [6.45, 7) is 1.70. The van der Waals surface area contributed by atoms with Crippen LogP contribution in [0.3, 0.4) is 0 Å². The summed E-state index contributed by atoms with van der Waals surface area (Å²) >= 11 is 5.88. The first-order valence-electron chi connectivity index (χ1n) is 8.97. The number of aromatic nitrogens is 1. The van der Waals surface area contributed by atoms with Crippen LogP contribution in [0.5, 0.6) is 5.88 Å². The van der Waals surface area contributed by atoms with E-state index in [2.05, 4.69) is 10.3 Å². The topological polar surface area (TPSA) is 54.5 Å². The van der Waals surface area contributed by atoms with Crippen molar-refractivity contribution >= 4 is 28.5 Å². The van der Waals surface area contributed by atoms with Gasteiger partial charge in [-0.25, -0.2) is 9.78 Å². The van der Waals surface area contributed by atoms with Crippen LogP contribution in [0.15, 0.2) is 60.7 Å². The molecule has 0 saturated carbocycles. The number of benzene rings is 2. The highest BCUT2D eigenvalue weighted by Gasteiger charge is 2.27. The lowest BCUT2D eigenvalue weighted by atomic mass is 10.2. The van der Waals surface area contributed by atoms with E-state index in [1.807, 2.05) is 60.7 Å². The fourth-order valence-corrected chi connectivity index (χ4v) is 3.31.